The normalized spacial score (nSPS) is 12.9. The molecule has 1 atom stereocenters. The topological polar surface area (TPSA) is 15.3 Å². The van der Waals surface area contributed by atoms with Gasteiger partial charge < -0.3 is 10.2 Å². The van der Waals surface area contributed by atoms with E-state index in [1.807, 2.05) is 0 Å². The number of benzene rings is 1. The Hall–Kier alpha value is -0.860. The van der Waals surface area contributed by atoms with Gasteiger partial charge in [-0.15, -0.1) is 0 Å². The highest BCUT2D eigenvalue weighted by Gasteiger charge is 2.11. The van der Waals surface area contributed by atoms with Crippen molar-refractivity contribution in [2.24, 2.45) is 0 Å². The van der Waals surface area contributed by atoms with E-state index in [4.69, 9.17) is 0 Å². The molecule has 0 fully saturated rings. The zero-order chi connectivity index (χ0) is 15.0. The van der Waals surface area contributed by atoms with Crippen molar-refractivity contribution in [2.45, 2.75) is 52.5 Å². The Kier molecular flexibility index (Phi) is 7.86. The van der Waals surface area contributed by atoms with Crippen LogP contribution in [0, 0.1) is 13.8 Å². The summed E-state index contributed by atoms with van der Waals surface area (Å²) in [6, 6.07) is 7.33. The molecule has 0 aliphatic carbocycles. The lowest BCUT2D eigenvalue weighted by molar-refractivity contribution is 0.304. The van der Waals surface area contributed by atoms with Crippen LogP contribution in [0.15, 0.2) is 18.2 Å². The van der Waals surface area contributed by atoms with Gasteiger partial charge in [0.15, 0.2) is 0 Å². The molecule has 1 unspecified atom stereocenters. The molecule has 1 rings (SSSR count). The van der Waals surface area contributed by atoms with Crippen LogP contribution in [-0.4, -0.2) is 32.1 Å². The van der Waals surface area contributed by atoms with Gasteiger partial charge in [-0.1, -0.05) is 49.1 Å². The van der Waals surface area contributed by atoms with Crippen LogP contribution in [0.1, 0.15) is 55.3 Å². The van der Waals surface area contributed by atoms with Crippen LogP contribution in [0.4, 0.5) is 0 Å². The lowest BCUT2D eigenvalue weighted by Gasteiger charge is -2.22. The van der Waals surface area contributed by atoms with Gasteiger partial charge in [0, 0.05) is 6.04 Å². The van der Waals surface area contributed by atoms with E-state index in [9.17, 15) is 0 Å². The van der Waals surface area contributed by atoms with Crippen molar-refractivity contribution in [2.75, 3.05) is 27.2 Å². The Bertz CT molecular complexity index is 367. The van der Waals surface area contributed by atoms with E-state index in [0.717, 1.165) is 6.54 Å². The summed E-state index contributed by atoms with van der Waals surface area (Å²) in [5.41, 5.74) is 4.14. The predicted octanol–water partition coefficient (Wildman–Crippen LogP) is 4.08. The predicted molar refractivity (Wildman–Crippen MR) is 89.4 cm³/mol. The van der Waals surface area contributed by atoms with Gasteiger partial charge in [0.05, 0.1) is 0 Å². The summed E-state index contributed by atoms with van der Waals surface area (Å²) in [5, 5.41) is 3.47. The van der Waals surface area contributed by atoms with Crippen molar-refractivity contribution in [1.29, 1.82) is 0 Å². The molecule has 1 aromatic carbocycles. The number of nitrogens with one attached hydrogen (secondary N) is 1. The standard InChI is InChI=1S/C18H32N2/c1-6-7-8-10-20(5)11-9-18(19-4)17-13-15(2)12-16(3)14-17/h12-14,18-19H,6-11H2,1-5H3. The van der Waals surface area contributed by atoms with Crippen molar-refractivity contribution >= 4 is 0 Å². The number of unbranched alkanes of at least 4 members (excludes halogenated alkanes) is 2. The van der Waals surface area contributed by atoms with Crippen molar-refractivity contribution < 1.29 is 0 Å². The molecule has 1 N–H and O–H groups in total. The average molecular weight is 276 g/mol. The van der Waals surface area contributed by atoms with Gasteiger partial charge in [0.2, 0.25) is 0 Å². The maximum absolute atomic E-state index is 3.47. The van der Waals surface area contributed by atoms with Crippen molar-refractivity contribution in [3.63, 3.8) is 0 Å². The van der Waals surface area contributed by atoms with E-state index in [1.165, 1.54) is 48.9 Å². The lowest BCUT2D eigenvalue weighted by Crippen LogP contribution is -2.26. The third-order valence-corrected chi connectivity index (χ3v) is 3.94. The van der Waals surface area contributed by atoms with Crippen molar-refractivity contribution in [3.8, 4) is 0 Å². The molecule has 0 aliphatic heterocycles. The smallest absolute Gasteiger partial charge is 0.0329 e. The molecule has 2 nitrogen and oxygen atoms in total. The number of nitrogens with zero attached hydrogens (tertiary/aromatic N) is 1. The van der Waals surface area contributed by atoms with E-state index in [1.54, 1.807) is 0 Å². The molecule has 0 saturated carbocycles. The summed E-state index contributed by atoms with van der Waals surface area (Å²) < 4.78 is 0. The fourth-order valence-electron chi connectivity index (χ4n) is 2.78. The first kappa shape index (κ1) is 17.2. The van der Waals surface area contributed by atoms with E-state index in [-0.39, 0.29) is 0 Å². The van der Waals surface area contributed by atoms with Gasteiger partial charge in [0.25, 0.3) is 0 Å². The molecule has 0 amide bonds. The molecule has 0 heterocycles. The highest BCUT2D eigenvalue weighted by molar-refractivity contribution is 5.30. The highest BCUT2D eigenvalue weighted by atomic mass is 15.1. The minimum atomic E-state index is 0.460. The van der Waals surface area contributed by atoms with E-state index < -0.39 is 0 Å². The first-order chi connectivity index (χ1) is 9.56. The molecular formula is C18H32N2. The summed E-state index contributed by atoms with van der Waals surface area (Å²) in [4.78, 5) is 2.46. The van der Waals surface area contributed by atoms with Gasteiger partial charge in [-0.25, -0.2) is 0 Å². The Morgan fingerprint density at radius 3 is 2.25 bits per heavy atom. The first-order valence-electron chi connectivity index (χ1n) is 8.00. The molecule has 1 aromatic rings. The SMILES string of the molecule is CCCCCN(C)CCC(NC)c1cc(C)cc(C)c1. The molecular weight excluding hydrogens is 244 g/mol. The van der Waals surface area contributed by atoms with Gasteiger partial charge in [-0.3, -0.25) is 0 Å². The largest absolute Gasteiger partial charge is 0.313 e. The Morgan fingerprint density at radius 1 is 1.05 bits per heavy atom. The van der Waals surface area contributed by atoms with Crippen LogP contribution in [0.25, 0.3) is 0 Å². The molecule has 0 aliphatic rings. The fraction of sp³-hybridized carbons (Fsp3) is 0.667. The average Bonchev–Trinajstić information content (AvgIpc) is 2.38. The molecule has 0 radical (unpaired) electrons. The molecule has 0 saturated heterocycles. The second kappa shape index (κ2) is 9.15. The van der Waals surface area contributed by atoms with E-state index >= 15 is 0 Å². The molecule has 0 aromatic heterocycles. The second-order valence-electron chi connectivity index (χ2n) is 6.06. The summed E-state index contributed by atoms with van der Waals surface area (Å²) in [6.07, 6.45) is 5.13. The van der Waals surface area contributed by atoms with Crippen molar-refractivity contribution in [1.82, 2.24) is 10.2 Å². The van der Waals surface area contributed by atoms with Crippen LogP contribution in [0.3, 0.4) is 0 Å². The van der Waals surface area contributed by atoms with Gasteiger partial charge >= 0.3 is 0 Å². The van der Waals surface area contributed by atoms with Crippen LogP contribution in [0.5, 0.6) is 0 Å². The quantitative estimate of drug-likeness (QED) is 0.684. The first-order valence-corrected chi connectivity index (χ1v) is 8.00. The van der Waals surface area contributed by atoms with Crippen LogP contribution < -0.4 is 5.32 Å². The summed E-state index contributed by atoms with van der Waals surface area (Å²) >= 11 is 0. The van der Waals surface area contributed by atoms with Crippen LogP contribution >= 0.6 is 0 Å². The number of aryl methyl sites for hydroxylation is 2. The summed E-state index contributed by atoms with van der Waals surface area (Å²) in [6.45, 7) is 9.00. The summed E-state index contributed by atoms with van der Waals surface area (Å²) in [7, 11) is 4.31. The van der Waals surface area contributed by atoms with Gasteiger partial charge in [-0.2, -0.15) is 0 Å². The molecule has 0 spiro atoms. The summed E-state index contributed by atoms with van der Waals surface area (Å²) in [5.74, 6) is 0. The monoisotopic (exact) mass is 276 g/mol. The Labute approximate surface area is 125 Å². The fourth-order valence-corrected chi connectivity index (χ4v) is 2.78. The lowest BCUT2D eigenvalue weighted by atomic mass is 9.99. The maximum Gasteiger partial charge on any atom is 0.0329 e. The van der Waals surface area contributed by atoms with E-state index in [2.05, 4.69) is 63.3 Å². The van der Waals surface area contributed by atoms with Crippen LogP contribution in [0.2, 0.25) is 0 Å². The zero-order valence-corrected chi connectivity index (χ0v) is 14.0. The number of rotatable bonds is 9. The minimum Gasteiger partial charge on any atom is -0.313 e. The zero-order valence-electron chi connectivity index (χ0n) is 14.0. The van der Waals surface area contributed by atoms with Crippen molar-refractivity contribution in [3.05, 3.63) is 34.9 Å². The molecule has 2 heteroatoms. The highest BCUT2D eigenvalue weighted by Crippen LogP contribution is 2.20. The Balaban J connectivity index is 2.50. The van der Waals surface area contributed by atoms with Gasteiger partial charge in [-0.05, 0) is 59.4 Å². The van der Waals surface area contributed by atoms with Crippen LogP contribution in [-0.2, 0) is 0 Å². The third-order valence-electron chi connectivity index (χ3n) is 3.94. The van der Waals surface area contributed by atoms with E-state index in [0.29, 0.717) is 6.04 Å². The number of hydrogen-bond acceptors (Lipinski definition) is 2. The Morgan fingerprint density at radius 2 is 1.70 bits per heavy atom. The second-order valence-corrected chi connectivity index (χ2v) is 6.06. The minimum absolute atomic E-state index is 0.460. The third kappa shape index (κ3) is 6.06. The molecule has 20 heavy (non-hydrogen) atoms. The number of hydrogen-bond donors (Lipinski definition) is 1. The van der Waals surface area contributed by atoms with Gasteiger partial charge in [0.1, 0.15) is 0 Å². The maximum atomic E-state index is 3.47. The molecule has 0 bridgehead atoms. The molecule has 114 valence electrons.